The van der Waals surface area contributed by atoms with Crippen molar-refractivity contribution >= 4 is 29.3 Å². The average Bonchev–Trinajstić information content (AvgIpc) is 3.15. The molecule has 0 aliphatic heterocycles. The van der Waals surface area contributed by atoms with Gasteiger partial charge < -0.3 is 10.2 Å². The molecule has 1 heterocycles. The molecule has 0 saturated carbocycles. The smallest absolute Gasteiger partial charge is 0.270 e. The molecule has 2 rings (SSSR count). The van der Waals surface area contributed by atoms with Crippen LogP contribution in [0.3, 0.4) is 0 Å². The average molecular weight is 401 g/mol. The third kappa shape index (κ3) is 5.89. The second-order valence-electron chi connectivity index (χ2n) is 7.17. The third-order valence-electron chi connectivity index (χ3n) is 4.99. The fourth-order valence-corrected chi connectivity index (χ4v) is 3.64. The first kappa shape index (κ1) is 22.1. The summed E-state index contributed by atoms with van der Waals surface area (Å²) >= 11 is 1.54. The molecule has 0 unspecified atom stereocenters. The van der Waals surface area contributed by atoms with Crippen molar-refractivity contribution in [3.63, 3.8) is 0 Å². The van der Waals surface area contributed by atoms with Crippen LogP contribution >= 0.6 is 11.3 Å². The van der Waals surface area contributed by atoms with Gasteiger partial charge in [0, 0.05) is 31.4 Å². The van der Waals surface area contributed by atoms with Crippen molar-refractivity contribution in [2.45, 2.75) is 59.9 Å². The van der Waals surface area contributed by atoms with Crippen LogP contribution in [0.1, 0.15) is 65.8 Å². The SMILES string of the molecule is CCC(CC)NC(=O)c1csc(Cc2cc(C)c(/N=C/N(C)CC)cc2C)n1. The summed E-state index contributed by atoms with van der Waals surface area (Å²) in [5.41, 5.74) is 5.07. The summed E-state index contributed by atoms with van der Waals surface area (Å²) in [6.45, 7) is 11.4. The van der Waals surface area contributed by atoms with Crippen molar-refractivity contribution in [3.05, 3.63) is 44.9 Å². The Labute approximate surface area is 172 Å². The van der Waals surface area contributed by atoms with Gasteiger partial charge in [0.25, 0.3) is 5.91 Å². The minimum absolute atomic E-state index is 0.0752. The van der Waals surface area contributed by atoms with Gasteiger partial charge in [-0.05, 0) is 56.4 Å². The first-order chi connectivity index (χ1) is 13.4. The van der Waals surface area contributed by atoms with Crippen LogP contribution in [0.2, 0.25) is 0 Å². The molecule has 0 aliphatic rings. The Kier molecular flexibility index (Phi) is 8.18. The summed E-state index contributed by atoms with van der Waals surface area (Å²) in [5, 5.41) is 5.86. The van der Waals surface area contributed by atoms with Crippen LogP contribution in [0.4, 0.5) is 5.69 Å². The predicted octanol–water partition coefficient (Wildman–Crippen LogP) is 4.88. The second kappa shape index (κ2) is 10.4. The number of hydrogen-bond donors (Lipinski definition) is 1. The summed E-state index contributed by atoms with van der Waals surface area (Å²) < 4.78 is 0. The van der Waals surface area contributed by atoms with Gasteiger partial charge in [-0.15, -0.1) is 11.3 Å². The van der Waals surface area contributed by atoms with Gasteiger partial charge in [0.05, 0.1) is 17.0 Å². The van der Waals surface area contributed by atoms with Crippen LogP contribution in [0, 0.1) is 13.8 Å². The molecule has 1 N–H and O–H groups in total. The van der Waals surface area contributed by atoms with E-state index in [2.05, 4.69) is 62.0 Å². The Morgan fingerprint density at radius 3 is 2.61 bits per heavy atom. The van der Waals surface area contributed by atoms with Gasteiger partial charge in [-0.3, -0.25) is 4.79 Å². The Morgan fingerprint density at radius 2 is 1.96 bits per heavy atom. The van der Waals surface area contributed by atoms with Gasteiger partial charge in [-0.25, -0.2) is 9.98 Å². The zero-order chi connectivity index (χ0) is 20.7. The van der Waals surface area contributed by atoms with E-state index >= 15 is 0 Å². The summed E-state index contributed by atoms with van der Waals surface area (Å²) in [7, 11) is 2.01. The topological polar surface area (TPSA) is 57.6 Å². The van der Waals surface area contributed by atoms with Crippen LogP contribution < -0.4 is 5.32 Å². The molecular formula is C22H32N4OS. The molecule has 1 amide bonds. The number of aromatic nitrogens is 1. The highest BCUT2D eigenvalue weighted by Crippen LogP contribution is 2.26. The number of amides is 1. The van der Waals surface area contributed by atoms with Gasteiger partial charge in [0.1, 0.15) is 5.69 Å². The van der Waals surface area contributed by atoms with Crippen LogP contribution in [0.15, 0.2) is 22.5 Å². The molecule has 0 radical (unpaired) electrons. The van der Waals surface area contributed by atoms with Crippen molar-refractivity contribution in [2.75, 3.05) is 13.6 Å². The van der Waals surface area contributed by atoms with E-state index in [1.54, 1.807) is 11.3 Å². The Morgan fingerprint density at radius 1 is 1.25 bits per heavy atom. The Bertz CT molecular complexity index is 824. The maximum atomic E-state index is 12.4. The lowest BCUT2D eigenvalue weighted by Crippen LogP contribution is -2.34. The summed E-state index contributed by atoms with van der Waals surface area (Å²) in [5.74, 6) is -0.0752. The molecule has 5 nitrogen and oxygen atoms in total. The Hall–Kier alpha value is -2.21. The third-order valence-corrected chi connectivity index (χ3v) is 5.84. The summed E-state index contributed by atoms with van der Waals surface area (Å²) in [6, 6.07) is 4.51. The monoisotopic (exact) mass is 400 g/mol. The number of aliphatic imine (C=N–C) groups is 1. The van der Waals surface area contributed by atoms with Crippen molar-refractivity contribution in [1.82, 2.24) is 15.2 Å². The number of thiazole rings is 1. The number of rotatable bonds is 9. The lowest BCUT2D eigenvalue weighted by molar-refractivity contribution is 0.0930. The molecule has 0 aliphatic carbocycles. The number of benzene rings is 1. The molecule has 0 spiro atoms. The molecule has 0 fully saturated rings. The first-order valence-electron chi connectivity index (χ1n) is 9.97. The molecule has 0 bridgehead atoms. The zero-order valence-corrected chi connectivity index (χ0v) is 18.7. The lowest BCUT2D eigenvalue weighted by Gasteiger charge is -2.13. The van der Waals surface area contributed by atoms with Crippen LogP contribution in [-0.4, -0.2) is 41.8 Å². The van der Waals surface area contributed by atoms with Crippen LogP contribution in [0.25, 0.3) is 0 Å². The van der Waals surface area contributed by atoms with E-state index < -0.39 is 0 Å². The largest absolute Gasteiger partial charge is 0.366 e. The minimum Gasteiger partial charge on any atom is -0.366 e. The molecule has 152 valence electrons. The minimum atomic E-state index is -0.0752. The highest BCUT2D eigenvalue weighted by molar-refractivity contribution is 7.09. The number of hydrogen-bond acceptors (Lipinski definition) is 4. The molecule has 2 aromatic rings. The quantitative estimate of drug-likeness (QED) is 0.482. The van der Waals surface area contributed by atoms with Crippen LogP contribution in [0.5, 0.6) is 0 Å². The number of carbonyl (C=O) groups excluding carboxylic acids is 1. The van der Waals surface area contributed by atoms with E-state index in [0.29, 0.717) is 5.69 Å². The number of aryl methyl sites for hydroxylation is 2. The molecule has 28 heavy (non-hydrogen) atoms. The highest BCUT2D eigenvalue weighted by atomic mass is 32.1. The van der Waals surface area contributed by atoms with E-state index in [9.17, 15) is 4.79 Å². The molecular weight excluding hydrogens is 368 g/mol. The van der Waals surface area contributed by atoms with E-state index in [0.717, 1.165) is 42.1 Å². The normalized spacial score (nSPS) is 11.4. The summed E-state index contributed by atoms with van der Waals surface area (Å²) in [4.78, 5) is 23.6. The molecule has 6 heteroatoms. The highest BCUT2D eigenvalue weighted by Gasteiger charge is 2.15. The summed E-state index contributed by atoms with van der Waals surface area (Å²) in [6.07, 6.45) is 4.46. The molecule has 0 saturated heterocycles. The zero-order valence-electron chi connectivity index (χ0n) is 17.9. The van der Waals surface area contributed by atoms with Gasteiger partial charge in [0.2, 0.25) is 0 Å². The van der Waals surface area contributed by atoms with Gasteiger partial charge >= 0.3 is 0 Å². The van der Waals surface area contributed by atoms with Gasteiger partial charge in [0.15, 0.2) is 0 Å². The molecule has 0 atom stereocenters. The van der Waals surface area contributed by atoms with Crippen molar-refractivity contribution in [3.8, 4) is 0 Å². The van der Waals surface area contributed by atoms with Gasteiger partial charge in [-0.2, -0.15) is 0 Å². The van der Waals surface area contributed by atoms with E-state index in [1.807, 2.05) is 23.7 Å². The van der Waals surface area contributed by atoms with Crippen LogP contribution in [-0.2, 0) is 6.42 Å². The fraction of sp³-hybridized carbons (Fsp3) is 0.500. The Balaban J connectivity index is 2.12. The number of carbonyl (C=O) groups is 1. The maximum absolute atomic E-state index is 12.4. The van der Waals surface area contributed by atoms with E-state index in [4.69, 9.17) is 0 Å². The fourth-order valence-electron chi connectivity index (χ4n) is 2.84. The van der Waals surface area contributed by atoms with Gasteiger partial charge in [-0.1, -0.05) is 19.9 Å². The number of nitrogens with one attached hydrogen (secondary N) is 1. The van der Waals surface area contributed by atoms with Crippen molar-refractivity contribution in [1.29, 1.82) is 0 Å². The van der Waals surface area contributed by atoms with E-state index in [1.165, 1.54) is 11.1 Å². The predicted molar refractivity (Wildman–Crippen MR) is 119 cm³/mol. The lowest BCUT2D eigenvalue weighted by atomic mass is 10.0. The van der Waals surface area contributed by atoms with E-state index in [-0.39, 0.29) is 11.9 Å². The second-order valence-corrected chi connectivity index (χ2v) is 8.12. The van der Waals surface area contributed by atoms with Crippen molar-refractivity contribution in [2.24, 2.45) is 4.99 Å². The maximum Gasteiger partial charge on any atom is 0.270 e. The molecule has 1 aromatic carbocycles. The van der Waals surface area contributed by atoms with Crippen molar-refractivity contribution < 1.29 is 4.79 Å². The standard InChI is InChI=1S/C22H32N4OS/c1-7-18(8-2)24-22(27)20-13-28-21(25-20)12-17-10-16(5)19(11-15(17)4)23-14-26(6)9-3/h10-11,13-14,18H,7-9,12H2,1-6H3,(H,24,27)/b23-14+. The number of nitrogens with zero attached hydrogens (tertiary/aromatic N) is 3. The molecule has 1 aromatic heterocycles. The first-order valence-corrected chi connectivity index (χ1v) is 10.9.